The normalized spacial score (nSPS) is 16.1. The summed E-state index contributed by atoms with van der Waals surface area (Å²) < 4.78 is 22.9. The van der Waals surface area contributed by atoms with Crippen molar-refractivity contribution in [1.82, 2.24) is 5.01 Å². The van der Waals surface area contributed by atoms with Gasteiger partial charge in [0.1, 0.15) is 24.0 Å². The molecule has 2 aromatic rings. The second-order valence-corrected chi connectivity index (χ2v) is 9.80. The molecule has 1 amide bonds. The molecule has 0 aromatic heterocycles. The molecule has 2 heterocycles. The second-order valence-electron chi connectivity index (χ2n) is 8.81. The van der Waals surface area contributed by atoms with Crippen LogP contribution in [0.3, 0.4) is 0 Å². The molecule has 4 rings (SSSR count). The van der Waals surface area contributed by atoms with Gasteiger partial charge in [0.15, 0.2) is 17.3 Å². The molecule has 0 fully saturated rings. The van der Waals surface area contributed by atoms with E-state index in [1.54, 1.807) is 18.2 Å². The molecule has 2 aliphatic rings. The highest BCUT2D eigenvalue weighted by atomic mass is 32.2. The summed E-state index contributed by atoms with van der Waals surface area (Å²) in [4.78, 5) is 16.9. The van der Waals surface area contributed by atoms with Crippen molar-refractivity contribution in [3.05, 3.63) is 52.6 Å². The Morgan fingerprint density at radius 2 is 1.70 bits per heavy atom. The number of hydrazone groups is 1. The van der Waals surface area contributed by atoms with Gasteiger partial charge in [-0.2, -0.15) is 15.1 Å². The average Bonchev–Trinajstić information content (AvgIpc) is 3.31. The molecule has 9 nitrogen and oxygen atoms in total. The number of carbonyl (C=O) groups is 1. The summed E-state index contributed by atoms with van der Waals surface area (Å²) >= 11 is 1.31. The van der Waals surface area contributed by atoms with Crippen LogP contribution in [0.25, 0.3) is 6.08 Å². The van der Waals surface area contributed by atoms with Gasteiger partial charge in [-0.25, -0.2) is 0 Å². The smallest absolute Gasteiger partial charge is 0.283 e. The molecule has 0 atom stereocenters. The lowest BCUT2D eigenvalue weighted by atomic mass is 10.1. The quantitative estimate of drug-likeness (QED) is 0.363. The minimum atomic E-state index is -0.495. The van der Waals surface area contributed by atoms with Gasteiger partial charge in [0.25, 0.3) is 5.91 Å². The number of aliphatic imine (C=N–C) groups is 1. The highest BCUT2D eigenvalue weighted by Crippen LogP contribution is 2.40. The summed E-state index contributed by atoms with van der Waals surface area (Å²) in [7, 11) is 3.05. The summed E-state index contributed by atoms with van der Waals surface area (Å²) in [5.41, 5.74) is 3.09. The van der Waals surface area contributed by atoms with Crippen LogP contribution >= 0.6 is 11.8 Å². The molecular weight excluding hydrogens is 492 g/mol. The van der Waals surface area contributed by atoms with Gasteiger partial charge >= 0.3 is 0 Å². The number of fused-ring (bicyclic) bond motifs is 1. The Labute approximate surface area is 220 Å². The third-order valence-corrected chi connectivity index (χ3v) is 7.04. The number of benzene rings is 2. The lowest BCUT2D eigenvalue weighted by Gasteiger charge is -2.20. The first-order valence-corrected chi connectivity index (χ1v) is 12.6. The summed E-state index contributed by atoms with van der Waals surface area (Å²) in [6, 6.07) is 9.38. The Morgan fingerprint density at radius 1 is 1.03 bits per heavy atom. The number of methoxy groups -OCH3 is 2. The van der Waals surface area contributed by atoms with Crippen LogP contribution in [-0.2, 0) is 4.79 Å². The van der Waals surface area contributed by atoms with E-state index in [1.165, 1.54) is 36.6 Å². The van der Waals surface area contributed by atoms with E-state index in [2.05, 4.69) is 17.0 Å². The number of aryl methyl sites for hydroxylation is 2. The maximum atomic E-state index is 12.7. The van der Waals surface area contributed by atoms with Crippen molar-refractivity contribution < 1.29 is 23.7 Å². The van der Waals surface area contributed by atoms with E-state index in [0.29, 0.717) is 34.6 Å². The van der Waals surface area contributed by atoms with Gasteiger partial charge in [0, 0.05) is 5.92 Å². The summed E-state index contributed by atoms with van der Waals surface area (Å²) in [5.74, 6) is 1.69. The van der Waals surface area contributed by atoms with Gasteiger partial charge in [0.2, 0.25) is 10.9 Å². The minimum absolute atomic E-state index is 0.0279. The van der Waals surface area contributed by atoms with Crippen molar-refractivity contribution in [3.8, 4) is 23.0 Å². The van der Waals surface area contributed by atoms with E-state index in [4.69, 9.17) is 24.4 Å². The van der Waals surface area contributed by atoms with Gasteiger partial charge in [-0.15, -0.1) is 0 Å². The SMILES string of the molecule is COc1cc(C=C2C(=N)N3N=C(C(C)C)SC3=NC2=O)cc(OC)c1OCCOc1ccc(C)c(C)c1. The fourth-order valence-electron chi connectivity index (χ4n) is 3.64. The van der Waals surface area contributed by atoms with Gasteiger partial charge in [0.05, 0.1) is 19.8 Å². The molecule has 2 aromatic carbocycles. The van der Waals surface area contributed by atoms with Crippen molar-refractivity contribution in [2.24, 2.45) is 16.0 Å². The highest BCUT2D eigenvalue weighted by molar-refractivity contribution is 8.27. The zero-order chi connectivity index (χ0) is 26.7. The standard InChI is InChI=1S/C27H30N4O5S/c1-15(2)26-30-31-24(28)20(25(32)29-27(31)37-26)12-18-13-21(33-5)23(22(14-18)34-6)36-10-9-35-19-8-7-16(3)17(4)11-19/h7-8,11-15,28H,9-10H2,1-6H3. The van der Waals surface area contributed by atoms with E-state index in [9.17, 15) is 4.79 Å². The van der Waals surface area contributed by atoms with Crippen molar-refractivity contribution in [2.75, 3.05) is 27.4 Å². The largest absolute Gasteiger partial charge is 0.493 e. The van der Waals surface area contributed by atoms with Crippen LogP contribution in [0, 0.1) is 25.2 Å². The zero-order valence-electron chi connectivity index (χ0n) is 21.7. The lowest BCUT2D eigenvalue weighted by molar-refractivity contribution is -0.114. The molecule has 0 unspecified atom stereocenters. The van der Waals surface area contributed by atoms with Crippen LogP contribution in [-0.4, -0.2) is 54.4 Å². The number of nitrogens with one attached hydrogen (secondary N) is 1. The Balaban J connectivity index is 1.52. The van der Waals surface area contributed by atoms with Gasteiger partial charge in [-0.1, -0.05) is 19.9 Å². The number of ether oxygens (including phenoxy) is 4. The first-order valence-electron chi connectivity index (χ1n) is 11.8. The fourth-order valence-corrected chi connectivity index (χ4v) is 4.53. The number of amides is 1. The average molecular weight is 523 g/mol. The van der Waals surface area contributed by atoms with E-state index >= 15 is 0 Å². The van der Waals surface area contributed by atoms with Crippen molar-refractivity contribution in [2.45, 2.75) is 27.7 Å². The van der Waals surface area contributed by atoms with Crippen molar-refractivity contribution in [3.63, 3.8) is 0 Å². The highest BCUT2D eigenvalue weighted by Gasteiger charge is 2.36. The molecule has 0 aliphatic carbocycles. The van der Waals surface area contributed by atoms with E-state index in [0.717, 1.165) is 16.4 Å². The summed E-state index contributed by atoms with van der Waals surface area (Å²) in [6.45, 7) is 8.71. The van der Waals surface area contributed by atoms with Crippen molar-refractivity contribution >= 4 is 39.8 Å². The van der Waals surface area contributed by atoms with Crippen LogP contribution in [0.15, 0.2) is 46.0 Å². The number of rotatable bonds is 9. The van der Waals surface area contributed by atoms with Gasteiger partial charge in [-0.3, -0.25) is 10.2 Å². The van der Waals surface area contributed by atoms with Gasteiger partial charge in [-0.05, 0) is 72.6 Å². The maximum Gasteiger partial charge on any atom is 0.283 e. The monoisotopic (exact) mass is 522 g/mol. The number of carbonyl (C=O) groups excluding carboxylic acids is 1. The first-order chi connectivity index (χ1) is 17.7. The number of amidine groups is 2. The molecule has 0 spiro atoms. The van der Waals surface area contributed by atoms with Crippen LogP contribution in [0.5, 0.6) is 23.0 Å². The topological polar surface area (TPSA) is 106 Å². The Kier molecular flexibility index (Phi) is 7.87. The number of hydrogen-bond donors (Lipinski definition) is 1. The molecule has 10 heteroatoms. The van der Waals surface area contributed by atoms with Crippen LogP contribution in [0.1, 0.15) is 30.5 Å². The molecule has 2 aliphatic heterocycles. The minimum Gasteiger partial charge on any atom is -0.493 e. The molecule has 194 valence electrons. The van der Waals surface area contributed by atoms with Crippen LogP contribution < -0.4 is 18.9 Å². The number of nitrogens with zero attached hydrogens (tertiary/aromatic N) is 3. The van der Waals surface area contributed by atoms with Crippen molar-refractivity contribution in [1.29, 1.82) is 5.41 Å². The van der Waals surface area contributed by atoms with E-state index in [1.807, 2.05) is 39.0 Å². The summed E-state index contributed by atoms with van der Waals surface area (Å²) in [5, 5.41) is 15.6. The maximum absolute atomic E-state index is 12.7. The zero-order valence-corrected chi connectivity index (χ0v) is 22.6. The predicted octanol–water partition coefficient (Wildman–Crippen LogP) is 5.05. The van der Waals surface area contributed by atoms with E-state index < -0.39 is 5.91 Å². The molecule has 0 saturated heterocycles. The molecule has 0 saturated carbocycles. The molecule has 37 heavy (non-hydrogen) atoms. The molecule has 1 N–H and O–H groups in total. The summed E-state index contributed by atoms with van der Waals surface area (Å²) in [6.07, 6.45) is 1.58. The number of thioether (sulfide) groups is 1. The predicted molar refractivity (Wildman–Crippen MR) is 146 cm³/mol. The lowest BCUT2D eigenvalue weighted by Crippen LogP contribution is -2.35. The Hall–Kier alpha value is -3.79. The molecular formula is C27H30N4O5S. The molecule has 0 radical (unpaired) electrons. The third-order valence-electron chi connectivity index (χ3n) is 5.83. The van der Waals surface area contributed by atoms with E-state index in [-0.39, 0.29) is 23.9 Å². The molecule has 0 bridgehead atoms. The van der Waals surface area contributed by atoms with Crippen LogP contribution in [0.2, 0.25) is 0 Å². The first kappa shape index (κ1) is 26.3. The van der Waals surface area contributed by atoms with Crippen LogP contribution in [0.4, 0.5) is 0 Å². The number of hydrogen-bond acceptors (Lipinski definition) is 8. The second kappa shape index (κ2) is 11.1. The third kappa shape index (κ3) is 5.64. The van der Waals surface area contributed by atoms with Gasteiger partial charge < -0.3 is 18.9 Å². The fraction of sp³-hybridized carbons (Fsp3) is 0.333. The Bertz CT molecular complexity index is 1310. The Morgan fingerprint density at radius 3 is 2.32 bits per heavy atom.